The number of hydrogen-bond donors (Lipinski definition) is 2. The molecule has 3 aromatic heterocycles. The first-order chi connectivity index (χ1) is 15.4. The zero-order valence-corrected chi connectivity index (χ0v) is 16.2. The van der Waals surface area contributed by atoms with Crippen molar-refractivity contribution in [3.05, 3.63) is 73.1 Å². The molecule has 2 aromatic carbocycles. The molecule has 5 rings (SSSR count). The molecule has 0 aliphatic rings. The van der Waals surface area contributed by atoms with Crippen molar-refractivity contribution in [1.82, 2.24) is 20.2 Å². The van der Waals surface area contributed by atoms with E-state index in [1.165, 1.54) is 24.3 Å². The van der Waals surface area contributed by atoms with Gasteiger partial charge in [0.05, 0.1) is 5.52 Å². The molecule has 32 heavy (non-hydrogen) atoms. The number of nitrogens with one attached hydrogen (secondary N) is 2. The number of halogens is 3. The normalized spacial score (nSPS) is 11.6. The predicted molar refractivity (Wildman–Crippen MR) is 112 cm³/mol. The molecule has 0 spiro atoms. The molecule has 0 saturated carbocycles. The van der Waals surface area contributed by atoms with Crippen molar-refractivity contribution < 1.29 is 22.6 Å². The molecule has 0 fully saturated rings. The molecule has 0 radical (unpaired) electrons. The van der Waals surface area contributed by atoms with Crippen molar-refractivity contribution in [3.63, 3.8) is 0 Å². The summed E-state index contributed by atoms with van der Waals surface area (Å²) in [5.41, 5.74) is 2.34. The predicted octanol–water partition coefficient (Wildman–Crippen LogP) is 5.94. The number of alkyl halides is 3. The van der Waals surface area contributed by atoms with Gasteiger partial charge in [0, 0.05) is 23.5 Å². The average Bonchev–Trinajstić information content (AvgIpc) is 3.17. The molecule has 0 aliphatic heterocycles. The lowest BCUT2D eigenvalue weighted by Gasteiger charge is -2.11. The molecule has 160 valence electrons. The van der Waals surface area contributed by atoms with Gasteiger partial charge in [-0.05, 0) is 66.0 Å². The number of H-pyrrole nitrogens is 1. The highest BCUT2D eigenvalue weighted by molar-refractivity contribution is 5.92. The smallest absolute Gasteiger partial charge is 0.438 e. The van der Waals surface area contributed by atoms with Gasteiger partial charge in [-0.25, -0.2) is 4.98 Å². The van der Waals surface area contributed by atoms with Crippen LogP contribution in [0.4, 0.5) is 24.7 Å². The zero-order valence-electron chi connectivity index (χ0n) is 16.2. The maximum Gasteiger partial charge on any atom is 0.573 e. The maximum atomic E-state index is 12.3. The topological polar surface area (TPSA) is 85.0 Å². The summed E-state index contributed by atoms with van der Waals surface area (Å²) in [5.74, 6) is 0.930. The number of pyridine rings is 2. The lowest BCUT2D eigenvalue weighted by molar-refractivity contribution is -0.274. The second-order valence-corrected chi connectivity index (χ2v) is 6.77. The molecule has 3 heterocycles. The summed E-state index contributed by atoms with van der Waals surface area (Å²) in [6.45, 7) is 0. The highest BCUT2D eigenvalue weighted by Crippen LogP contribution is 2.32. The van der Waals surface area contributed by atoms with Crippen molar-refractivity contribution in [2.75, 3.05) is 5.32 Å². The van der Waals surface area contributed by atoms with Gasteiger partial charge in [0.2, 0.25) is 5.88 Å². The maximum absolute atomic E-state index is 12.3. The Hall–Kier alpha value is -4.34. The molecule has 7 nitrogen and oxygen atoms in total. The number of aromatic amines is 1. The van der Waals surface area contributed by atoms with E-state index in [0.717, 1.165) is 27.5 Å². The second-order valence-electron chi connectivity index (χ2n) is 6.77. The number of aromatic nitrogens is 4. The molecule has 5 aromatic rings. The van der Waals surface area contributed by atoms with E-state index in [0.29, 0.717) is 17.4 Å². The van der Waals surface area contributed by atoms with Crippen molar-refractivity contribution in [2.45, 2.75) is 6.36 Å². The molecule has 0 atom stereocenters. The summed E-state index contributed by atoms with van der Waals surface area (Å²) in [7, 11) is 0. The van der Waals surface area contributed by atoms with Crippen LogP contribution in [0.5, 0.6) is 17.4 Å². The third kappa shape index (κ3) is 4.10. The minimum absolute atomic E-state index is 0.324. The third-order valence-corrected chi connectivity index (χ3v) is 4.58. The molecule has 0 amide bonds. The number of anilines is 2. The van der Waals surface area contributed by atoms with E-state index in [-0.39, 0.29) is 5.75 Å². The van der Waals surface area contributed by atoms with Gasteiger partial charge in [-0.1, -0.05) is 0 Å². The Morgan fingerprint density at radius 1 is 0.875 bits per heavy atom. The lowest BCUT2D eigenvalue weighted by Crippen LogP contribution is -2.16. The highest BCUT2D eigenvalue weighted by Gasteiger charge is 2.31. The molecule has 2 N–H and O–H groups in total. The summed E-state index contributed by atoms with van der Waals surface area (Å²) in [6.07, 6.45) is -1.46. The van der Waals surface area contributed by atoms with E-state index in [4.69, 9.17) is 4.74 Å². The summed E-state index contributed by atoms with van der Waals surface area (Å²) >= 11 is 0. The Morgan fingerprint density at radius 2 is 1.69 bits per heavy atom. The molecule has 0 unspecified atom stereocenters. The Balaban J connectivity index is 1.38. The summed E-state index contributed by atoms with van der Waals surface area (Å²) in [6, 6.07) is 16.3. The van der Waals surface area contributed by atoms with E-state index in [1.807, 2.05) is 36.4 Å². The first-order valence-electron chi connectivity index (χ1n) is 9.43. The van der Waals surface area contributed by atoms with E-state index < -0.39 is 6.36 Å². The van der Waals surface area contributed by atoms with Crippen LogP contribution >= 0.6 is 0 Å². The van der Waals surface area contributed by atoms with Crippen LogP contribution in [0.3, 0.4) is 0 Å². The standard InChI is InChI=1S/C22H14F3N5O2/c23-22(24,25)32-16-6-4-15(5-7-16)31-21-17-8-3-14(12-13(17)9-11-27-21)28-20-19-18(29-30-20)2-1-10-26-19/h1-12H,(H2,28,29,30). The van der Waals surface area contributed by atoms with E-state index >= 15 is 0 Å². The quantitative estimate of drug-likeness (QED) is 0.354. The molecule has 0 bridgehead atoms. The molecule has 0 saturated heterocycles. The van der Waals surface area contributed by atoms with Gasteiger partial charge in [0.25, 0.3) is 0 Å². The lowest BCUT2D eigenvalue weighted by atomic mass is 10.1. The Kier molecular flexibility index (Phi) is 4.74. The Bertz CT molecular complexity index is 1400. The molecular formula is C22H14F3N5O2. The second kappa shape index (κ2) is 7.73. The van der Waals surface area contributed by atoms with E-state index in [1.54, 1.807) is 12.4 Å². The van der Waals surface area contributed by atoms with Gasteiger partial charge in [-0.3, -0.25) is 10.1 Å². The minimum atomic E-state index is -4.75. The molecule has 0 aliphatic carbocycles. The van der Waals surface area contributed by atoms with Crippen molar-refractivity contribution >= 4 is 33.3 Å². The van der Waals surface area contributed by atoms with Gasteiger partial charge in [-0.15, -0.1) is 13.2 Å². The van der Waals surface area contributed by atoms with Crippen molar-refractivity contribution in [3.8, 4) is 17.4 Å². The van der Waals surface area contributed by atoms with Crippen molar-refractivity contribution in [1.29, 1.82) is 0 Å². The van der Waals surface area contributed by atoms with Gasteiger partial charge >= 0.3 is 6.36 Å². The summed E-state index contributed by atoms with van der Waals surface area (Å²) in [5, 5.41) is 12.0. The number of fused-ring (bicyclic) bond motifs is 2. The van der Waals surface area contributed by atoms with Crippen LogP contribution < -0.4 is 14.8 Å². The Labute approximate surface area is 178 Å². The monoisotopic (exact) mass is 437 g/mol. The largest absolute Gasteiger partial charge is 0.573 e. The third-order valence-electron chi connectivity index (χ3n) is 4.58. The fourth-order valence-corrected chi connectivity index (χ4v) is 3.21. The van der Waals surface area contributed by atoms with E-state index in [9.17, 15) is 13.2 Å². The van der Waals surface area contributed by atoms with Gasteiger partial charge < -0.3 is 14.8 Å². The first kappa shape index (κ1) is 19.6. The van der Waals surface area contributed by atoms with E-state index in [2.05, 4.69) is 30.2 Å². The van der Waals surface area contributed by atoms with Crippen LogP contribution in [-0.2, 0) is 0 Å². The van der Waals surface area contributed by atoms with Crippen molar-refractivity contribution in [2.24, 2.45) is 0 Å². The number of hydrogen-bond acceptors (Lipinski definition) is 6. The van der Waals surface area contributed by atoms with Crippen LogP contribution in [0.2, 0.25) is 0 Å². The molecule has 10 heteroatoms. The van der Waals surface area contributed by atoms with Crippen LogP contribution in [0.15, 0.2) is 73.1 Å². The Morgan fingerprint density at radius 3 is 2.50 bits per heavy atom. The number of nitrogens with zero attached hydrogens (tertiary/aromatic N) is 3. The van der Waals surface area contributed by atoms with Crippen LogP contribution in [0.25, 0.3) is 21.8 Å². The van der Waals surface area contributed by atoms with Crippen LogP contribution in [-0.4, -0.2) is 26.5 Å². The fraction of sp³-hybridized carbons (Fsp3) is 0.0455. The first-order valence-corrected chi connectivity index (χ1v) is 9.43. The van der Waals surface area contributed by atoms with Gasteiger partial charge in [-0.2, -0.15) is 5.10 Å². The highest BCUT2D eigenvalue weighted by atomic mass is 19.4. The number of ether oxygens (including phenoxy) is 2. The van der Waals surface area contributed by atoms with Crippen LogP contribution in [0.1, 0.15) is 0 Å². The summed E-state index contributed by atoms with van der Waals surface area (Å²) < 4.78 is 46.6. The number of rotatable bonds is 5. The summed E-state index contributed by atoms with van der Waals surface area (Å²) in [4.78, 5) is 8.58. The van der Waals surface area contributed by atoms with Gasteiger partial charge in [0.1, 0.15) is 17.0 Å². The van der Waals surface area contributed by atoms with Crippen LogP contribution in [0, 0.1) is 0 Å². The molecular weight excluding hydrogens is 423 g/mol. The number of benzene rings is 2. The fourth-order valence-electron chi connectivity index (χ4n) is 3.21. The average molecular weight is 437 g/mol. The SMILES string of the molecule is FC(F)(F)Oc1ccc(Oc2nccc3cc(Nc4n[nH]c5cccnc45)ccc23)cc1. The minimum Gasteiger partial charge on any atom is -0.438 e. The zero-order chi connectivity index (χ0) is 22.1. The van der Waals surface area contributed by atoms with Gasteiger partial charge in [0.15, 0.2) is 5.82 Å².